The first-order valence-corrected chi connectivity index (χ1v) is 9.18. The van der Waals surface area contributed by atoms with Crippen molar-refractivity contribution in [1.29, 1.82) is 0 Å². The highest BCUT2D eigenvalue weighted by molar-refractivity contribution is 7.89. The molecule has 1 amide bonds. The molecule has 122 valence electrons. The summed E-state index contributed by atoms with van der Waals surface area (Å²) >= 11 is 5.87. The van der Waals surface area contributed by atoms with E-state index < -0.39 is 10.0 Å². The molecule has 0 spiro atoms. The average molecular weight is 345 g/mol. The highest BCUT2D eigenvalue weighted by Gasteiger charge is 2.30. The third-order valence-electron chi connectivity index (χ3n) is 3.76. The monoisotopic (exact) mass is 344 g/mol. The zero-order chi connectivity index (χ0) is 16.3. The van der Waals surface area contributed by atoms with Gasteiger partial charge in [-0.25, -0.2) is 8.42 Å². The molecule has 1 heterocycles. The average Bonchev–Trinajstić information content (AvgIpc) is 2.47. The molecule has 0 bridgehead atoms. The van der Waals surface area contributed by atoms with E-state index in [4.69, 9.17) is 11.6 Å². The van der Waals surface area contributed by atoms with Crippen molar-refractivity contribution in [3.05, 3.63) is 29.3 Å². The minimum Gasteiger partial charge on any atom is -0.353 e. The summed E-state index contributed by atoms with van der Waals surface area (Å²) in [7, 11) is -3.52. The van der Waals surface area contributed by atoms with Crippen molar-refractivity contribution in [3.63, 3.8) is 0 Å². The molecule has 0 aromatic heterocycles. The van der Waals surface area contributed by atoms with Crippen LogP contribution in [0.3, 0.4) is 0 Å². The van der Waals surface area contributed by atoms with Crippen LogP contribution in [0, 0.1) is 5.92 Å². The second kappa shape index (κ2) is 6.98. The molecular weight excluding hydrogens is 324 g/mol. The van der Waals surface area contributed by atoms with E-state index in [1.54, 1.807) is 18.2 Å². The summed E-state index contributed by atoms with van der Waals surface area (Å²) in [4.78, 5) is 11.9. The first-order chi connectivity index (χ1) is 10.3. The van der Waals surface area contributed by atoms with E-state index in [1.165, 1.54) is 10.4 Å². The number of sulfonamides is 1. The highest BCUT2D eigenvalue weighted by Crippen LogP contribution is 2.23. The number of carbonyl (C=O) groups is 1. The molecule has 7 heteroatoms. The maximum atomic E-state index is 12.6. The van der Waals surface area contributed by atoms with Gasteiger partial charge in [-0.1, -0.05) is 31.5 Å². The Hall–Kier alpha value is -1.11. The van der Waals surface area contributed by atoms with Crippen LogP contribution in [0.2, 0.25) is 5.02 Å². The molecule has 1 aromatic carbocycles. The zero-order valence-electron chi connectivity index (χ0n) is 12.8. The molecule has 1 aliphatic heterocycles. The minimum absolute atomic E-state index is 0.0103. The molecule has 2 rings (SSSR count). The van der Waals surface area contributed by atoms with E-state index in [0.29, 0.717) is 31.0 Å². The Morgan fingerprint density at radius 1 is 1.32 bits per heavy atom. The van der Waals surface area contributed by atoms with E-state index in [0.717, 1.165) is 0 Å². The lowest BCUT2D eigenvalue weighted by molar-refractivity contribution is -0.124. The number of halogens is 1. The van der Waals surface area contributed by atoms with Gasteiger partial charge in [-0.15, -0.1) is 0 Å². The van der Waals surface area contributed by atoms with E-state index in [-0.39, 0.29) is 22.8 Å². The fourth-order valence-electron chi connectivity index (χ4n) is 2.38. The lowest BCUT2D eigenvalue weighted by Crippen LogP contribution is -2.47. The SMILES string of the molecule is CC(C)C(=O)NC1CCN(S(=O)(=O)c2cccc(Cl)c2)CC1. The number of amides is 1. The predicted molar refractivity (Wildman–Crippen MR) is 86.2 cm³/mol. The van der Waals surface area contributed by atoms with Crippen LogP contribution < -0.4 is 5.32 Å². The predicted octanol–water partition coefficient (Wildman–Crippen LogP) is 2.27. The second-order valence-corrected chi connectivity index (χ2v) is 8.17. The molecule has 1 fully saturated rings. The Labute approximate surface area is 136 Å². The summed E-state index contributed by atoms with van der Waals surface area (Å²) in [5.74, 6) is -0.0515. The van der Waals surface area contributed by atoms with E-state index >= 15 is 0 Å². The lowest BCUT2D eigenvalue weighted by atomic mass is 10.1. The van der Waals surface area contributed by atoms with Gasteiger partial charge in [-0.2, -0.15) is 4.31 Å². The third-order valence-corrected chi connectivity index (χ3v) is 5.89. The Kier molecular flexibility index (Phi) is 5.47. The molecule has 1 saturated heterocycles. The molecule has 0 unspecified atom stereocenters. The molecule has 0 radical (unpaired) electrons. The van der Waals surface area contributed by atoms with Crippen molar-refractivity contribution in [1.82, 2.24) is 9.62 Å². The van der Waals surface area contributed by atoms with Gasteiger partial charge in [-0.3, -0.25) is 4.79 Å². The molecule has 0 atom stereocenters. The molecule has 22 heavy (non-hydrogen) atoms. The van der Waals surface area contributed by atoms with Gasteiger partial charge in [0.05, 0.1) is 4.90 Å². The summed E-state index contributed by atoms with van der Waals surface area (Å²) < 4.78 is 26.6. The molecule has 1 N–H and O–H groups in total. The first kappa shape index (κ1) is 17.2. The molecule has 1 aromatic rings. The first-order valence-electron chi connectivity index (χ1n) is 7.37. The van der Waals surface area contributed by atoms with E-state index in [2.05, 4.69) is 5.32 Å². The quantitative estimate of drug-likeness (QED) is 0.911. The minimum atomic E-state index is -3.52. The number of piperidine rings is 1. The van der Waals surface area contributed by atoms with Crippen molar-refractivity contribution in [2.75, 3.05) is 13.1 Å². The smallest absolute Gasteiger partial charge is 0.243 e. The summed E-state index contributed by atoms with van der Waals surface area (Å²) in [6, 6.07) is 6.33. The number of hydrogen-bond donors (Lipinski definition) is 1. The molecule has 5 nitrogen and oxygen atoms in total. The summed E-state index contributed by atoms with van der Waals surface area (Å²) in [5, 5.41) is 3.36. The van der Waals surface area contributed by atoms with Crippen LogP contribution in [0.4, 0.5) is 0 Å². The summed E-state index contributed by atoms with van der Waals surface area (Å²) in [6.45, 7) is 4.48. The van der Waals surface area contributed by atoms with Gasteiger partial charge in [0, 0.05) is 30.1 Å². The highest BCUT2D eigenvalue weighted by atomic mass is 35.5. The van der Waals surface area contributed by atoms with Crippen molar-refractivity contribution in [3.8, 4) is 0 Å². The van der Waals surface area contributed by atoms with Crippen molar-refractivity contribution in [2.24, 2.45) is 5.92 Å². The van der Waals surface area contributed by atoms with Gasteiger partial charge in [0.25, 0.3) is 0 Å². The number of nitrogens with zero attached hydrogens (tertiary/aromatic N) is 1. The fraction of sp³-hybridized carbons (Fsp3) is 0.533. The maximum Gasteiger partial charge on any atom is 0.243 e. The number of nitrogens with one attached hydrogen (secondary N) is 1. The van der Waals surface area contributed by atoms with Gasteiger partial charge in [0.2, 0.25) is 15.9 Å². The molecular formula is C15H21ClN2O3S. The summed E-state index contributed by atoms with van der Waals surface area (Å²) in [5.41, 5.74) is 0. The number of benzene rings is 1. The van der Waals surface area contributed by atoms with E-state index in [1.807, 2.05) is 13.8 Å². The van der Waals surface area contributed by atoms with Crippen LogP contribution in [0.15, 0.2) is 29.2 Å². The Morgan fingerprint density at radius 3 is 2.50 bits per heavy atom. The molecule has 0 aliphatic carbocycles. The van der Waals surface area contributed by atoms with Gasteiger partial charge >= 0.3 is 0 Å². The topological polar surface area (TPSA) is 66.5 Å². The van der Waals surface area contributed by atoms with Gasteiger partial charge < -0.3 is 5.32 Å². The van der Waals surface area contributed by atoms with Gasteiger partial charge in [0.15, 0.2) is 0 Å². The van der Waals surface area contributed by atoms with Crippen LogP contribution in [0.1, 0.15) is 26.7 Å². The number of hydrogen-bond acceptors (Lipinski definition) is 3. The van der Waals surface area contributed by atoms with Crippen LogP contribution >= 0.6 is 11.6 Å². The van der Waals surface area contributed by atoms with E-state index in [9.17, 15) is 13.2 Å². The van der Waals surface area contributed by atoms with Crippen LogP contribution in [0.25, 0.3) is 0 Å². The number of rotatable bonds is 4. The Bertz CT molecular complexity index is 638. The summed E-state index contributed by atoms with van der Waals surface area (Å²) in [6.07, 6.45) is 1.25. The largest absolute Gasteiger partial charge is 0.353 e. The lowest BCUT2D eigenvalue weighted by Gasteiger charge is -2.32. The normalized spacial score (nSPS) is 17.6. The van der Waals surface area contributed by atoms with Crippen LogP contribution in [0.5, 0.6) is 0 Å². The number of carbonyl (C=O) groups excluding carboxylic acids is 1. The Balaban J connectivity index is 2.00. The molecule has 0 saturated carbocycles. The zero-order valence-corrected chi connectivity index (χ0v) is 14.3. The maximum absolute atomic E-state index is 12.6. The second-order valence-electron chi connectivity index (χ2n) is 5.80. The van der Waals surface area contributed by atoms with Gasteiger partial charge in [0.1, 0.15) is 0 Å². The standard InChI is InChI=1S/C15H21ClN2O3S/c1-11(2)15(19)17-13-6-8-18(9-7-13)22(20,21)14-5-3-4-12(16)10-14/h3-5,10-11,13H,6-9H2,1-2H3,(H,17,19). The molecule has 1 aliphatic rings. The van der Waals surface area contributed by atoms with Crippen molar-refractivity contribution in [2.45, 2.75) is 37.6 Å². The van der Waals surface area contributed by atoms with Crippen LogP contribution in [-0.2, 0) is 14.8 Å². The van der Waals surface area contributed by atoms with Crippen LogP contribution in [-0.4, -0.2) is 37.8 Å². The van der Waals surface area contributed by atoms with Crippen molar-refractivity contribution >= 4 is 27.5 Å². The van der Waals surface area contributed by atoms with Crippen molar-refractivity contribution < 1.29 is 13.2 Å². The Morgan fingerprint density at radius 2 is 1.95 bits per heavy atom. The third kappa shape index (κ3) is 4.00. The fourth-order valence-corrected chi connectivity index (χ4v) is 4.16. The van der Waals surface area contributed by atoms with Gasteiger partial charge in [-0.05, 0) is 31.0 Å².